The summed E-state index contributed by atoms with van der Waals surface area (Å²) < 4.78 is 0. The summed E-state index contributed by atoms with van der Waals surface area (Å²) >= 11 is 6.17. The molecule has 1 aliphatic heterocycles. The summed E-state index contributed by atoms with van der Waals surface area (Å²) in [6, 6.07) is 9.98. The Morgan fingerprint density at radius 1 is 1.40 bits per heavy atom. The molecule has 1 heterocycles. The molecule has 0 amide bonds. The highest BCUT2D eigenvalue weighted by molar-refractivity contribution is 6.30. The fourth-order valence-electron chi connectivity index (χ4n) is 3.24. The van der Waals surface area contributed by atoms with Gasteiger partial charge in [0.15, 0.2) is 0 Å². The van der Waals surface area contributed by atoms with E-state index in [1.54, 1.807) is 0 Å². The highest BCUT2D eigenvalue weighted by Gasteiger charge is 2.26. The molecule has 112 valence electrons. The van der Waals surface area contributed by atoms with Crippen molar-refractivity contribution >= 4 is 11.6 Å². The maximum Gasteiger partial charge on any atom is 0.0409 e. The van der Waals surface area contributed by atoms with E-state index in [1.807, 2.05) is 6.07 Å². The number of nitrogens with one attached hydrogen (secondary N) is 1. The van der Waals surface area contributed by atoms with E-state index >= 15 is 0 Å². The van der Waals surface area contributed by atoms with Gasteiger partial charge in [0.2, 0.25) is 0 Å². The van der Waals surface area contributed by atoms with E-state index in [0.29, 0.717) is 18.1 Å². The minimum absolute atomic E-state index is 0.455. The molecule has 20 heavy (non-hydrogen) atoms. The number of rotatable bonds is 6. The molecule has 0 aromatic heterocycles. The summed E-state index contributed by atoms with van der Waals surface area (Å²) in [5, 5.41) is 4.45. The molecule has 1 aromatic carbocycles. The Kier molecular flexibility index (Phi) is 5.88. The Bertz CT molecular complexity index is 413. The van der Waals surface area contributed by atoms with Crippen LogP contribution in [-0.4, -0.2) is 30.1 Å². The monoisotopic (exact) mass is 294 g/mol. The molecule has 1 aliphatic rings. The van der Waals surface area contributed by atoms with Crippen molar-refractivity contribution in [2.24, 2.45) is 0 Å². The SMILES string of the molecule is CCC(c1cccc(Cl)c1)N(CC1CCCN1)C(C)C. The van der Waals surface area contributed by atoms with Crippen molar-refractivity contribution in [3.63, 3.8) is 0 Å². The van der Waals surface area contributed by atoms with Gasteiger partial charge in [0.1, 0.15) is 0 Å². The Balaban J connectivity index is 2.15. The lowest BCUT2D eigenvalue weighted by Gasteiger charge is -2.36. The molecular weight excluding hydrogens is 268 g/mol. The van der Waals surface area contributed by atoms with E-state index in [2.05, 4.69) is 49.2 Å². The third-order valence-corrected chi connectivity index (χ3v) is 4.51. The molecule has 1 N–H and O–H groups in total. The highest BCUT2D eigenvalue weighted by Crippen LogP contribution is 2.28. The smallest absolute Gasteiger partial charge is 0.0409 e. The van der Waals surface area contributed by atoms with E-state index < -0.39 is 0 Å². The van der Waals surface area contributed by atoms with Crippen LogP contribution in [0.3, 0.4) is 0 Å². The molecule has 2 atom stereocenters. The van der Waals surface area contributed by atoms with Crippen LogP contribution in [0.15, 0.2) is 24.3 Å². The van der Waals surface area contributed by atoms with Gasteiger partial charge in [0.05, 0.1) is 0 Å². The first-order chi connectivity index (χ1) is 9.61. The van der Waals surface area contributed by atoms with Crippen LogP contribution in [-0.2, 0) is 0 Å². The molecule has 0 radical (unpaired) electrons. The topological polar surface area (TPSA) is 15.3 Å². The Hall–Kier alpha value is -0.570. The van der Waals surface area contributed by atoms with Gasteiger partial charge in [-0.3, -0.25) is 4.90 Å². The Morgan fingerprint density at radius 3 is 2.75 bits per heavy atom. The molecule has 2 nitrogen and oxygen atoms in total. The van der Waals surface area contributed by atoms with Crippen molar-refractivity contribution in [2.45, 2.75) is 58.2 Å². The summed E-state index contributed by atoms with van der Waals surface area (Å²) in [7, 11) is 0. The van der Waals surface area contributed by atoms with E-state index in [4.69, 9.17) is 11.6 Å². The van der Waals surface area contributed by atoms with Crippen LogP contribution in [0.4, 0.5) is 0 Å². The standard InChI is InChI=1S/C17H27ClN2/c1-4-17(14-7-5-8-15(18)11-14)20(13(2)3)12-16-9-6-10-19-16/h5,7-8,11,13,16-17,19H,4,6,9-10,12H2,1-3H3. The van der Waals surface area contributed by atoms with Crippen LogP contribution in [0.2, 0.25) is 5.02 Å². The second kappa shape index (κ2) is 7.44. The van der Waals surface area contributed by atoms with Gasteiger partial charge in [-0.05, 0) is 57.4 Å². The molecule has 1 saturated heterocycles. The van der Waals surface area contributed by atoms with Gasteiger partial charge in [0, 0.05) is 29.7 Å². The first kappa shape index (κ1) is 15.8. The lowest BCUT2D eigenvalue weighted by atomic mass is 10.00. The fourth-order valence-corrected chi connectivity index (χ4v) is 3.44. The maximum atomic E-state index is 6.17. The van der Waals surface area contributed by atoms with Crippen molar-refractivity contribution in [3.05, 3.63) is 34.9 Å². The second-order valence-electron chi connectivity index (χ2n) is 6.06. The summed E-state index contributed by atoms with van der Waals surface area (Å²) in [6.45, 7) is 9.15. The van der Waals surface area contributed by atoms with Crippen molar-refractivity contribution in [3.8, 4) is 0 Å². The number of hydrogen-bond acceptors (Lipinski definition) is 2. The Labute approximate surface area is 128 Å². The molecule has 2 rings (SSSR count). The molecule has 3 heteroatoms. The molecule has 0 saturated carbocycles. The number of hydrogen-bond donors (Lipinski definition) is 1. The second-order valence-corrected chi connectivity index (χ2v) is 6.50. The summed E-state index contributed by atoms with van der Waals surface area (Å²) in [6.07, 6.45) is 3.73. The average Bonchev–Trinajstić information content (AvgIpc) is 2.91. The molecule has 0 spiro atoms. The third kappa shape index (κ3) is 3.97. The molecule has 0 aliphatic carbocycles. The van der Waals surface area contributed by atoms with E-state index in [0.717, 1.165) is 18.0 Å². The van der Waals surface area contributed by atoms with Crippen LogP contribution in [0.5, 0.6) is 0 Å². The van der Waals surface area contributed by atoms with Crippen LogP contribution >= 0.6 is 11.6 Å². The van der Waals surface area contributed by atoms with Gasteiger partial charge < -0.3 is 5.32 Å². The van der Waals surface area contributed by atoms with Gasteiger partial charge in [-0.15, -0.1) is 0 Å². The maximum absolute atomic E-state index is 6.17. The summed E-state index contributed by atoms with van der Waals surface area (Å²) in [5.74, 6) is 0. The Morgan fingerprint density at radius 2 is 2.20 bits per heavy atom. The van der Waals surface area contributed by atoms with Crippen LogP contribution < -0.4 is 5.32 Å². The van der Waals surface area contributed by atoms with Crippen LogP contribution in [0.1, 0.15) is 51.6 Å². The van der Waals surface area contributed by atoms with Gasteiger partial charge in [0.25, 0.3) is 0 Å². The van der Waals surface area contributed by atoms with Gasteiger partial charge >= 0.3 is 0 Å². The van der Waals surface area contributed by atoms with Crippen molar-refractivity contribution < 1.29 is 0 Å². The molecule has 1 fully saturated rings. The largest absolute Gasteiger partial charge is 0.313 e. The van der Waals surface area contributed by atoms with Gasteiger partial charge in [-0.2, -0.15) is 0 Å². The minimum Gasteiger partial charge on any atom is -0.313 e. The molecule has 2 unspecified atom stereocenters. The zero-order valence-electron chi connectivity index (χ0n) is 12.9. The van der Waals surface area contributed by atoms with Crippen molar-refractivity contribution in [1.82, 2.24) is 10.2 Å². The number of halogens is 1. The number of nitrogens with zero attached hydrogens (tertiary/aromatic N) is 1. The quantitative estimate of drug-likeness (QED) is 0.843. The highest BCUT2D eigenvalue weighted by atomic mass is 35.5. The predicted molar refractivity (Wildman–Crippen MR) is 87.4 cm³/mol. The van der Waals surface area contributed by atoms with Gasteiger partial charge in [-0.25, -0.2) is 0 Å². The summed E-state index contributed by atoms with van der Waals surface area (Å²) in [5.41, 5.74) is 1.34. The van der Waals surface area contributed by atoms with Crippen LogP contribution in [0, 0.1) is 0 Å². The first-order valence-corrected chi connectivity index (χ1v) is 8.24. The lowest BCUT2D eigenvalue weighted by Crippen LogP contribution is -2.43. The third-order valence-electron chi connectivity index (χ3n) is 4.28. The van der Waals surface area contributed by atoms with Gasteiger partial charge in [-0.1, -0.05) is 30.7 Å². The minimum atomic E-state index is 0.455. The lowest BCUT2D eigenvalue weighted by molar-refractivity contribution is 0.135. The van der Waals surface area contributed by atoms with E-state index in [1.165, 1.54) is 24.9 Å². The predicted octanol–water partition coefficient (Wildman–Crippen LogP) is 4.25. The molecule has 1 aromatic rings. The zero-order valence-corrected chi connectivity index (χ0v) is 13.7. The average molecular weight is 295 g/mol. The summed E-state index contributed by atoms with van der Waals surface area (Å²) in [4.78, 5) is 2.62. The zero-order chi connectivity index (χ0) is 14.5. The normalized spacial score (nSPS) is 20.8. The van der Waals surface area contributed by atoms with Crippen molar-refractivity contribution in [2.75, 3.05) is 13.1 Å². The van der Waals surface area contributed by atoms with E-state index in [9.17, 15) is 0 Å². The van der Waals surface area contributed by atoms with Crippen molar-refractivity contribution in [1.29, 1.82) is 0 Å². The first-order valence-electron chi connectivity index (χ1n) is 7.86. The molecular formula is C17H27ClN2. The fraction of sp³-hybridized carbons (Fsp3) is 0.647. The van der Waals surface area contributed by atoms with Crippen LogP contribution in [0.25, 0.3) is 0 Å². The number of benzene rings is 1. The molecule has 0 bridgehead atoms. The van der Waals surface area contributed by atoms with E-state index in [-0.39, 0.29) is 0 Å².